The van der Waals surface area contributed by atoms with Gasteiger partial charge in [0.25, 0.3) is 0 Å². The highest BCUT2D eigenvalue weighted by atomic mass is 16.3. The Labute approximate surface area is 112 Å². The van der Waals surface area contributed by atoms with E-state index in [1.54, 1.807) is 18.2 Å². The van der Waals surface area contributed by atoms with Gasteiger partial charge in [-0.2, -0.15) is 0 Å². The van der Waals surface area contributed by atoms with E-state index in [1.807, 2.05) is 43.4 Å². The molecule has 0 aromatic heterocycles. The van der Waals surface area contributed by atoms with Gasteiger partial charge in [-0.1, -0.05) is 48.5 Å². The van der Waals surface area contributed by atoms with E-state index in [0.717, 1.165) is 5.56 Å². The molecular weight excluding hydrogens is 238 g/mol. The highest BCUT2D eigenvalue weighted by molar-refractivity contribution is 6.00. The number of hydrogen-bond acceptors (Lipinski definition) is 3. The van der Waals surface area contributed by atoms with Gasteiger partial charge in [0, 0.05) is 12.1 Å². The van der Waals surface area contributed by atoms with Gasteiger partial charge in [0.1, 0.15) is 6.10 Å². The summed E-state index contributed by atoms with van der Waals surface area (Å²) in [5, 5.41) is 13.1. The predicted molar refractivity (Wildman–Crippen MR) is 74.9 cm³/mol. The molecule has 0 heterocycles. The van der Waals surface area contributed by atoms with Gasteiger partial charge in [-0.3, -0.25) is 4.79 Å². The predicted octanol–water partition coefficient (Wildman–Crippen LogP) is 2.32. The van der Waals surface area contributed by atoms with Crippen LogP contribution in [0.1, 0.15) is 27.6 Å². The second-order valence-corrected chi connectivity index (χ2v) is 4.41. The first-order chi connectivity index (χ1) is 9.22. The Kier molecular flexibility index (Phi) is 4.44. The summed E-state index contributed by atoms with van der Waals surface area (Å²) >= 11 is 0. The first kappa shape index (κ1) is 13.5. The first-order valence-electron chi connectivity index (χ1n) is 6.23. The van der Waals surface area contributed by atoms with Crippen LogP contribution in [-0.2, 0) is 6.54 Å². The zero-order valence-electron chi connectivity index (χ0n) is 10.8. The summed E-state index contributed by atoms with van der Waals surface area (Å²) in [6, 6.07) is 16.3. The number of nitrogens with one attached hydrogen (secondary N) is 1. The van der Waals surface area contributed by atoms with Crippen molar-refractivity contribution in [3.8, 4) is 0 Å². The lowest BCUT2D eigenvalue weighted by Gasteiger charge is -2.11. The number of aliphatic hydroxyl groups is 1. The molecule has 1 atom stereocenters. The van der Waals surface area contributed by atoms with Gasteiger partial charge in [-0.15, -0.1) is 0 Å². The largest absolute Gasteiger partial charge is 0.380 e. The van der Waals surface area contributed by atoms with Crippen LogP contribution in [0.5, 0.6) is 0 Å². The Balaban J connectivity index is 2.22. The molecule has 2 N–H and O–H groups in total. The van der Waals surface area contributed by atoms with Gasteiger partial charge in [-0.25, -0.2) is 0 Å². The first-order valence-corrected chi connectivity index (χ1v) is 6.23. The van der Waals surface area contributed by atoms with Crippen LogP contribution in [0.2, 0.25) is 0 Å². The third kappa shape index (κ3) is 3.28. The number of hydrogen-bond donors (Lipinski definition) is 2. The quantitative estimate of drug-likeness (QED) is 0.806. The Hall–Kier alpha value is -1.97. The van der Waals surface area contributed by atoms with Gasteiger partial charge in [0.15, 0.2) is 5.78 Å². The summed E-state index contributed by atoms with van der Waals surface area (Å²) in [6.07, 6.45) is -1.11. The summed E-state index contributed by atoms with van der Waals surface area (Å²) < 4.78 is 0. The third-order valence-corrected chi connectivity index (χ3v) is 2.96. The Morgan fingerprint density at radius 2 is 1.89 bits per heavy atom. The fraction of sp³-hybridized carbons (Fsp3) is 0.188. The van der Waals surface area contributed by atoms with Crippen LogP contribution in [0.4, 0.5) is 0 Å². The summed E-state index contributed by atoms with van der Waals surface area (Å²) in [5.74, 6) is -0.274. The molecule has 19 heavy (non-hydrogen) atoms. The standard InChI is InChI=1S/C16H17NO2/c1-17-11-12-6-5-9-14(10-12)16(19)15(18)13-7-3-2-4-8-13/h2-10,15,17-18H,11H2,1H3. The molecule has 0 radical (unpaired) electrons. The van der Waals surface area contributed by atoms with Crippen LogP contribution < -0.4 is 5.32 Å². The van der Waals surface area contributed by atoms with E-state index in [-0.39, 0.29) is 5.78 Å². The molecule has 0 saturated carbocycles. The Bertz CT molecular complexity index is 552. The number of Topliss-reactive ketones (excluding diaryl/α,β-unsaturated/α-hetero) is 1. The van der Waals surface area contributed by atoms with Gasteiger partial charge in [-0.05, 0) is 24.2 Å². The summed E-state index contributed by atoms with van der Waals surface area (Å²) in [7, 11) is 1.85. The number of carbonyl (C=O) groups is 1. The molecule has 3 heteroatoms. The summed E-state index contributed by atoms with van der Waals surface area (Å²) in [5.41, 5.74) is 2.17. The zero-order chi connectivity index (χ0) is 13.7. The second-order valence-electron chi connectivity index (χ2n) is 4.41. The minimum absolute atomic E-state index is 0.274. The van der Waals surface area contributed by atoms with Crippen LogP contribution in [0.25, 0.3) is 0 Å². The highest BCUT2D eigenvalue weighted by Gasteiger charge is 2.18. The van der Waals surface area contributed by atoms with Gasteiger partial charge < -0.3 is 10.4 Å². The van der Waals surface area contributed by atoms with Crippen molar-refractivity contribution in [1.29, 1.82) is 0 Å². The van der Waals surface area contributed by atoms with Crippen molar-refractivity contribution in [3.63, 3.8) is 0 Å². The highest BCUT2D eigenvalue weighted by Crippen LogP contribution is 2.18. The molecule has 0 amide bonds. The van der Waals surface area contributed by atoms with Crippen LogP contribution >= 0.6 is 0 Å². The number of carbonyl (C=O) groups excluding carboxylic acids is 1. The normalized spacial score (nSPS) is 12.1. The van der Waals surface area contributed by atoms with E-state index in [4.69, 9.17) is 0 Å². The summed E-state index contributed by atoms with van der Waals surface area (Å²) in [6.45, 7) is 0.697. The van der Waals surface area contributed by atoms with Crippen molar-refractivity contribution in [3.05, 3.63) is 71.3 Å². The molecule has 3 nitrogen and oxygen atoms in total. The molecule has 0 bridgehead atoms. The van der Waals surface area contributed by atoms with Crippen LogP contribution in [0.3, 0.4) is 0 Å². The van der Waals surface area contributed by atoms with Crippen molar-refractivity contribution in [1.82, 2.24) is 5.32 Å². The van der Waals surface area contributed by atoms with Crippen molar-refractivity contribution in [2.45, 2.75) is 12.6 Å². The SMILES string of the molecule is CNCc1cccc(C(=O)C(O)c2ccccc2)c1. The molecule has 0 saturated heterocycles. The molecule has 2 rings (SSSR count). The lowest BCUT2D eigenvalue weighted by atomic mass is 9.98. The molecule has 0 aliphatic heterocycles. The smallest absolute Gasteiger partial charge is 0.195 e. The molecule has 1 unspecified atom stereocenters. The molecular formula is C16H17NO2. The van der Waals surface area contributed by atoms with Gasteiger partial charge in [0.05, 0.1) is 0 Å². The van der Waals surface area contributed by atoms with E-state index < -0.39 is 6.10 Å². The Morgan fingerprint density at radius 1 is 1.16 bits per heavy atom. The van der Waals surface area contributed by atoms with Crippen LogP contribution in [0.15, 0.2) is 54.6 Å². The number of benzene rings is 2. The minimum Gasteiger partial charge on any atom is -0.380 e. The molecule has 0 fully saturated rings. The van der Waals surface area contributed by atoms with E-state index in [9.17, 15) is 9.90 Å². The zero-order valence-corrected chi connectivity index (χ0v) is 10.8. The topological polar surface area (TPSA) is 49.3 Å². The molecule has 98 valence electrons. The lowest BCUT2D eigenvalue weighted by molar-refractivity contribution is 0.0747. The number of rotatable bonds is 5. The lowest BCUT2D eigenvalue weighted by Crippen LogP contribution is -2.13. The average Bonchev–Trinajstić information content (AvgIpc) is 2.47. The van der Waals surface area contributed by atoms with Crippen LogP contribution in [-0.4, -0.2) is 17.9 Å². The fourth-order valence-corrected chi connectivity index (χ4v) is 1.98. The molecule has 2 aromatic rings. The molecule has 2 aromatic carbocycles. The van der Waals surface area contributed by atoms with Crippen molar-refractivity contribution in [2.24, 2.45) is 0 Å². The fourth-order valence-electron chi connectivity index (χ4n) is 1.98. The van der Waals surface area contributed by atoms with Crippen molar-refractivity contribution < 1.29 is 9.90 Å². The maximum Gasteiger partial charge on any atom is 0.195 e. The van der Waals surface area contributed by atoms with Crippen molar-refractivity contribution in [2.75, 3.05) is 7.05 Å². The maximum absolute atomic E-state index is 12.2. The minimum atomic E-state index is -1.11. The summed E-state index contributed by atoms with van der Waals surface area (Å²) in [4.78, 5) is 12.2. The van der Waals surface area contributed by atoms with Gasteiger partial charge in [0.2, 0.25) is 0 Å². The molecule has 0 spiro atoms. The van der Waals surface area contributed by atoms with E-state index in [0.29, 0.717) is 17.7 Å². The van der Waals surface area contributed by atoms with Gasteiger partial charge >= 0.3 is 0 Å². The maximum atomic E-state index is 12.2. The third-order valence-electron chi connectivity index (χ3n) is 2.96. The Morgan fingerprint density at radius 3 is 2.58 bits per heavy atom. The molecule has 0 aliphatic carbocycles. The number of aliphatic hydroxyl groups excluding tert-OH is 1. The monoisotopic (exact) mass is 255 g/mol. The van der Waals surface area contributed by atoms with Crippen molar-refractivity contribution >= 4 is 5.78 Å². The van der Waals surface area contributed by atoms with Crippen LogP contribution in [0, 0.1) is 0 Å². The molecule has 0 aliphatic rings. The van der Waals surface area contributed by atoms with E-state index in [1.165, 1.54) is 0 Å². The second kappa shape index (κ2) is 6.27. The van der Waals surface area contributed by atoms with E-state index in [2.05, 4.69) is 5.32 Å². The van der Waals surface area contributed by atoms with E-state index >= 15 is 0 Å². The average molecular weight is 255 g/mol. The number of ketones is 1.